The van der Waals surface area contributed by atoms with Gasteiger partial charge in [0.25, 0.3) is 5.91 Å². The number of ether oxygens (including phenoxy) is 1. The van der Waals surface area contributed by atoms with Crippen molar-refractivity contribution in [1.82, 2.24) is 0 Å². The third-order valence-electron chi connectivity index (χ3n) is 2.47. The third kappa shape index (κ3) is 3.63. The summed E-state index contributed by atoms with van der Waals surface area (Å²) in [5, 5.41) is 18.1. The molecule has 0 aliphatic heterocycles. The first-order chi connectivity index (χ1) is 7.42. The van der Waals surface area contributed by atoms with E-state index in [1.807, 2.05) is 0 Å². The average molecular weight is 231 g/mol. The molecular weight excluding hydrogens is 214 g/mol. The first-order valence-electron chi connectivity index (χ1n) is 4.80. The second-order valence-electron chi connectivity index (χ2n) is 3.59. The zero-order valence-corrected chi connectivity index (χ0v) is 9.23. The van der Waals surface area contributed by atoms with Gasteiger partial charge in [-0.15, -0.1) is 0 Å². The summed E-state index contributed by atoms with van der Waals surface area (Å²) in [6.45, 7) is 4.06. The fourth-order valence-electron chi connectivity index (χ4n) is 0.873. The number of esters is 1. The normalized spacial score (nSPS) is 10.9. The molecule has 0 fully saturated rings. The Bertz CT molecular complexity index is 275. The lowest BCUT2D eigenvalue weighted by molar-refractivity contribution is -0.146. The maximum Gasteiger partial charge on any atom is 0.343 e. The molecule has 1 amide bonds. The molecule has 0 aromatic carbocycles. The van der Waals surface area contributed by atoms with E-state index < -0.39 is 22.9 Å². The van der Waals surface area contributed by atoms with Gasteiger partial charge in [0, 0.05) is 0 Å². The fourth-order valence-corrected chi connectivity index (χ4v) is 0.873. The summed E-state index contributed by atoms with van der Waals surface area (Å²) < 4.78 is 4.74. The number of aliphatic hydroxyl groups is 2. The molecule has 0 aliphatic rings. The van der Waals surface area contributed by atoms with Crippen molar-refractivity contribution in [3.8, 4) is 0 Å². The highest BCUT2D eigenvalue weighted by atomic mass is 16.5. The Morgan fingerprint density at radius 3 is 2.19 bits per heavy atom. The van der Waals surface area contributed by atoms with Gasteiger partial charge in [0.2, 0.25) is 0 Å². The van der Waals surface area contributed by atoms with Crippen molar-refractivity contribution < 1.29 is 24.5 Å². The molecule has 0 aromatic rings. The standard InChI is InChI=1S/C10H17NO5/c1-3-10(4-12,5-13)6-16-9(15)7(2)8(11)14/h12-13H,2-6H2,1H3,(H2,11,14). The highest BCUT2D eigenvalue weighted by Gasteiger charge is 2.29. The van der Waals surface area contributed by atoms with Gasteiger partial charge in [0.1, 0.15) is 12.2 Å². The Hall–Kier alpha value is -1.40. The van der Waals surface area contributed by atoms with Gasteiger partial charge in [-0.3, -0.25) is 4.79 Å². The second-order valence-corrected chi connectivity index (χ2v) is 3.59. The zero-order chi connectivity index (χ0) is 12.8. The van der Waals surface area contributed by atoms with Crippen LogP contribution in [0.1, 0.15) is 13.3 Å². The number of hydrogen-bond donors (Lipinski definition) is 3. The summed E-state index contributed by atoms with van der Waals surface area (Å²) in [6, 6.07) is 0. The quantitative estimate of drug-likeness (QED) is 0.224. The molecule has 0 radical (unpaired) electrons. The van der Waals surface area contributed by atoms with E-state index in [1.165, 1.54) is 0 Å². The minimum Gasteiger partial charge on any atom is -0.461 e. The van der Waals surface area contributed by atoms with Gasteiger partial charge in [0.15, 0.2) is 0 Å². The second kappa shape index (κ2) is 6.24. The molecule has 6 nitrogen and oxygen atoms in total. The molecule has 0 saturated heterocycles. The molecule has 0 spiro atoms. The van der Waals surface area contributed by atoms with Crippen LogP contribution in [0.15, 0.2) is 12.2 Å². The predicted octanol–water partition coefficient (Wildman–Crippen LogP) is -1.05. The summed E-state index contributed by atoms with van der Waals surface area (Å²) >= 11 is 0. The van der Waals surface area contributed by atoms with Crippen LogP contribution in [-0.2, 0) is 14.3 Å². The molecule has 92 valence electrons. The summed E-state index contributed by atoms with van der Waals surface area (Å²) in [5.41, 5.74) is 3.48. The van der Waals surface area contributed by atoms with E-state index in [9.17, 15) is 9.59 Å². The number of rotatable bonds is 7. The van der Waals surface area contributed by atoms with Crippen molar-refractivity contribution >= 4 is 11.9 Å². The van der Waals surface area contributed by atoms with Gasteiger partial charge in [0.05, 0.1) is 18.6 Å². The highest BCUT2D eigenvalue weighted by Crippen LogP contribution is 2.21. The molecule has 6 heteroatoms. The summed E-state index contributed by atoms with van der Waals surface area (Å²) in [7, 11) is 0. The molecule has 0 atom stereocenters. The third-order valence-corrected chi connectivity index (χ3v) is 2.47. The molecule has 4 N–H and O–H groups in total. The van der Waals surface area contributed by atoms with Gasteiger partial charge >= 0.3 is 5.97 Å². The molecule has 16 heavy (non-hydrogen) atoms. The molecule has 0 rings (SSSR count). The van der Waals surface area contributed by atoms with Gasteiger partial charge < -0.3 is 20.7 Å². The fraction of sp³-hybridized carbons (Fsp3) is 0.600. The number of carbonyl (C=O) groups is 2. The SMILES string of the molecule is C=C(C(N)=O)C(=O)OCC(CC)(CO)CO. The van der Waals surface area contributed by atoms with E-state index in [-0.39, 0.29) is 19.8 Å². The van der Waals surface area contributed by atoms with E-state index in [2.05, 4.69) is 6.58 Å². The molecule has 0 aromatic heterocycles. The van der Waals surface area contributed by atoms with Crippen LogP contribution in [0.4, 0.5) is 0 Å². The number of aliphatic hydroxyl groups excluding tert-OH is 2. The maximum absolute atomic E-state index is 11.2. The van der Waals surface area contributed by atoms with Crippen molar-refractivity contribution in [2.45, 2.75) is 13.3 Å². The van der Waals surface area contributed by atoms with Crippen molar-refractivity contribution in [3.63, 3.8) is 0 Å². The van der Waals surface area contributed by atoms with Crippen molar-refractivity contribution in [1.29, 1.82) is 0 Å². The lowest BCUT2D eigenvalue weighted by Gasteiger charge is -2.27. The molecule has 0 heterocycles. The average Bonchev–Trinajstić information content (AvgIpc) is 2.30. The number of carbonyl (C=O) groups excluding carboxylic acids is 2. The summed E-state index contributed by atoms with van der Waals surface area (Å²) in [4.78, 5) is 21.8. The monoisotopic (exact) mass is 231 g/mol. The lowest BCUT2D eigenvalue weighted by Crippen LogP contribution is -2.36. The van der Waals surface area contributed by atoms with E-state index in [4.69, 9.17) is 20.7 Å². The number of hydrogen-bond acceptors (Lipinski definition) is 5. The molecule has 0 saturated carbocycles. The van der Waals surface area contributed by atoms with Crippen LogP contribution in [-0.4, -0.2) is 41.9 Å². The van der Waals surface area contributed by atoms with E-state index >= 15 is 0 Å². The van der Waals surface area contributed by atoms with Crippen LogP contribution < -0.4 is 5.73 Å². The van der Waals surface area contributed by atoms with Crippen molar-refractivity contribution in [3.05, 3.63) is 12.2 Å². The molecule has 0 aliphatic carbocycles. The summed E-state index contributed by atoms with van der Waals surface area (Å²) in [6.07, 6.45) is 0.427. The predicted molar refractivity (Wildman–Crippen MR) is 56.2 cm³/mol. The topological polar surface area (TPSA) is 110 Å². The first kappa shape index (κ1) is 14.6. The van der Waals surface area contributed by atoms with E-state index in [1.54, 1.807) is 6.92 Å². The highest BCUT2D eigenvalue weighted by molar-refractivity contribution is 6.15. The zero-order valence-electron chi connectivity index (χ0n) is 9.23. The minimum atomic E-state index is -0.958. The number of amides is 1. The first-order valence-corrected chi connectivity index (χ1v) is 4.80. The maximum atomic E-state index is 11.2. The van der Waals surface area contributed by atoms with E-state index in [0.717, 1.165) is 0 Å². The van der Waals surface area contributed by atoms with Crippen LogP contribution in [0.3, 0.4) is 0 Å². The van der Waals surface area contributed by atoms with Crippen LogP contribution in [0.25, 0.3) is 0 Å². The molecule has 0 bridgehead atoms. The summed E-state index contributed by atoms with van der Waals surface area (Å²) in [5.74, 6) is -1.90. The molecule has 0 unspecified atom stereocenters. The van der Waals surface area contributed by atoms with Crippen LogP contribution >= 0.6 is 0 Å². The van der Waals surface area contributed by atoms with Crippen LogP contribution in [0, 0.1) is 5.41 Å². The van der Waals surface area contributed by atoms with Gasteiger partial charge in [-0.25, -0.2) is 4.79 Å². The Morgan fingerprint density at radius 2 is 1.88 bits per heavy atom. The largest absolute Gasteiger partial charge is 0.461 e. The van der Waals surface area contributed by atoms with Crippen molar-refractivity contribution in [2.75, 3.05) is 19.8 Å². The minimum absolute atomic E-state index is 0.193. The Morgan fingerprint density at radius 1 is 1.38 bits per heavy atom. The molecular formula is C10H17NO5. The van der Waals surface area contributed by atoms with Gasteiger partial charge in [-0.2, -0.15) is 0 Å². The number of nitrogens with two attached hydrogens (primary N) is 1. The number of primary amides is 1. The lowest BCUT2D eigenvalue weighted by atomic mass is 9.88. The Labute approximate surface area is 93.7 Å². The van der Waals surface area contributed by atoms with Crippen LogP contribution in [0.5, 0.6) is 0 Å². The van der Waals surface area contributed by atoms with Crippen LogP contribution in [0.2, 0.25) is 0 Å². The van der Waals surface area contributed by atoms with Gasteiger partial charge in [-0.1, -0.05) is 13.5 Å². The van der Waals surface area contributed by atoms with Crippen molar-refractivity contribution in [2.24, 2.45) is 11.1 Å². The van der Waals surface area contributed by atoms with E-state index in [0.29, 0.717) is 6.42 Å². The Balaban J connectivity index is 4.38. The Kier molecular flexibility index (Phi) is 5.69. The van der Waals surface area contributed by atoms with Gasteiger partial charge in [-0.05, 0) is 6.42 Å². The smallest absolute Gasteiger partial charge is 0.343 e.